The van der Waals surface area contributed by atoms with Gasteiger partial charge >= 0.3 is 0 Å². The van der Waals surface area contributed by atoms with Crippen molar-refractivity contribution in [3.05, 3.63) is 66.0 Å². The van der Waals surface area contributed by atoms with Crippen LogP contribution < -0.4 is 0 Å². The summed E-state index contributed by atoms with van der Waals surface area (Å²) in [5, 5.41) is 0. The third kappa shape index (κ3) is 4.04. The van der Waals surface area contributed by atoms with Crippen LogP contribution in [0.15, 0.2) is 60.5 Å². The molecule has 1 aromatic heterocycles. The predicted octanol–water partition coefficient (Wildman–Crippen LogP) is 3.69. The smallest absolute Gasteiger partial charge is 0.257 e. The summed E-state index contributed by atoms with van der Waals surface area (Å²) in [6.45, 7) is 5.87. The number of piperidine rings is 1. The summed E-state index contributed by atoms with van der Waals surface area (Å²) in [4.78, 5) is 33.4. The Morgan fingerprint density at radius 1 is 1.29 bits per heavy atom. The molecular weight excluding hydrogens is 404 g/mol. The number of ether oxygens (including phenoxy) is 1. The average Bonchev–Trinajstić information content (AvgIpc) is 3.26. The van der Waals surface area contributed by atoms with Crippen molar-refractivity contribution in [1.82, 2.24) is 14.8 Å². The molecule has 8 heteroatoms. The van der Waals surface area contributed by atoms with Crippen LogP contribution in [0, 0.1) is 0 Å². The Hall–Kier alpha value is -2.87. The molecule has 0 saturated carbocycles. The van der Waals surface area contributed by atoms with E-state index in [4.69, 9.17) is 4.74 Å². The predicted molar refractivity (Wildman–Crippen MR) is 110 cm³/mol. The number of hydrogen-bond donors (Lipinski definition) is 0. The summed E-state index contributed by atoms with van der Waals surface area (Å²) in [5.74, 6) is -1.63. The van der Waals surface area contributed by atoms with Gasteiger partial charge in [-0.15, -0.1) is 0 Å². The van der Waals surface area contributed by atoms with Gasteiger partial charge in [0, 0.05) is 44.4 Å². The highest BCUT2D eigenvalue weighted by Crippen LogP contribution is 2.44. The number of amides is 2. The molecule has 6 nitrogen and oxygen atoms in total. The lowest BCUT2D eigenvalue weighted by atomic mass is 9.89. The molecule has 164 valence electrons. The number of pyridine rings is 1. The number of allylic oxidation sites excluding steroid dienone is 3. The molecule has 4 rings (SSSR count). The number of carbonyl (C=O) groups excluding carboxylic acids is 2. The zero-order valence-corrected chi connectivity index (χ0v) is 17.4. The number of nitrogens with zero attached hydrogens (tertiary/aromatic N) is 3. The van der Waals surface area contributed by atoms with Crippen molar-refractivity contribution in [3.8, 4) is 0 Å². The molecule has 1 aromatic rings. The van der Waals surface area contributed by atoms with Crippen LogP contribution in [-0.2, 0) is 9.53 Å². The van der Waals surface area contributed by atoms with Crippen LogP contribution in [-0.4, -0.2) is 57.6 Å². The van der Waals surface area contributed by atoms with Crippen LogP contribution >= 0.6 is 0 Å². The van der Waals surface area contributed by atoms with Crippen LogP contribution in [0.4, 0.5) is 8.78 Å². The molecule has 0 N–H and O–H groups in total. The zero-order chi connectivity index (χ0) is 22.2. The molecule has 2 amide bonds. The summed E-state index contributed by atoms with van der Waals surface area (Å²) in [6.07, 6.45) is 6.76. The molecule has 0 aliphatic carbocycles. The third-order valence-electron chi connectivity index (χ3n) is 6.17. The third-order valence-corrected chi connectivity index (χ3v) is 6.17. The molecule has 4 heterocycles. The highest BCUT2D eigenvalue weighted by atomic mass is 19.1. The molecule has 31 heavy (non-hydrogen) atoms. The average molecular weight is 429 g/mol. The van der Waals surface area contributed by atoms with Crippen LogP contribution in [0.3, 0.4) is 0 Å². The Bertz CT molecular complexity index is 948. The lowest BCUT2D eigenvalue weighted by Crippen LogP contribution is -2.52. The first-order valence-corrected chi connectivity index (χ1v) is 10.4. The van der Waals surface area contributed by atoms with Gasteiger partial charge in [0.05, 0.1) is 17.4 Å². The van der Waals surface area contributed by atoms with E-state index < -0.39 is 17.3 Å². The normalized spacial score (nSPS) is 25.8. The monoisotopic (exact) mass is 429 g/mol. The van der Waals surface area contributed by atoms with E-state index in [9.17, 15) is 18.4 Å². The minimum absolute atomic E-state index is 0.114. The van der Waals surface area contributed by atoms with Gasteiger partial charge < -0.3 is 14.5 Å². The second-order valence-electron chi connectivity index (χ2n) is 8.24. The summed E-state index contributed by atoms with van der Waals surface area (Å²) in [7, 11) is 0. The van der Waals surface area contributed by atoms with Crippen molar-refractivity contribution in [2.75, 3.05) is 13.1 Å². The Balaban J connectivity index is 1.44. The minimum atomic E-state index is -0.965. The summed E-state index contributed by atoms with van der Waals surface area (Å²) < 4.78 is 33.0. The number of rotatable bonds is 4. The lowest BCUT2D eigenvalue weighted by Gasteiger charge is -2.37. The standard InChI is InChI=1S/C23H25F2N3O3/c1-15(12-18(25)13-16(2)24)19-5-6-20-28(19)22(30)23(31-20)7-10-27(11-8-23)21(29)17-4-3-9-26-14-17/h3-4,9,12-14,19-20H,1,5-8,10-11H2,2H3/b16-13+,18-12+/t19-,20+/m0/s1. The van der Waals surface area contributed by atoms with Crippen molar-refractivity contribution < 1.29 is 23.1 Å². The molecule has 0 unspecified atom stereocenters. The van der Waals surface area contributed by atoms with E-state index in [1.807, 2.05) is 0 Å². The molecule has 3 saturated heterocycles. The largest absolute Gasteiger partial charge is 0.342 e. The second-order valence-corrected chi connectivity index (χ2v) is 8.24. The van der Waals surface area contributed by atoms with E-state index in [0.29, 0.717) is 49.9 Å². The number of aromatic nitrogens is 1. The summed E-state index contributed by atoms with van der Waals surface area (Å²) in [5.41, 5.74) is -0.0382. The second kappa shape index (κ2) is 8.34. The van der Waals surface area contributed by atoms with Gasteiger partial charge in [-0.05, 0) is 43.5 Å². The van der Waals surface area contributed by atoms with Gasteiger partial charge in [0.1, 0.15) is 12.1 Å². The molecule has 3 fully saturated rings. The van der Waals surface area contributed by atoms with Crippen molar-refractivity contribution in [2.45, 2.75) is 50.5 Å². The summed E-state index contributed by atoms with van der Waals surface area (Å²) >= 11 is 0. The number of carbonyl (C=O) groups is 2. The van der Waals surface area contributed by atoms with Gasteiger partial charge in [-0.3, -0.25) is 14.6 Å². The number of halogens is 2. The van der Waals surface area contributed by atoms with Crippen molar-refractivity contribution in [1.29, 1.82) is 0 Å². The molecule has 0 aromatic carbocycles. The number of likely N-dealkylation sites (tertiary alicyclic amines) is 1. The van der Waals surface area contributed by atoms with E-state index >= 15 is 0 Å². The lowest BCUT2D eigenvalue weighted by molar-refractivity contribution is -0.142. The Morgan fingerprint density at radius 3 is 2.68 bits per heavy atom. The van der Waals surface area contributed by atoms with Crippen LogP contribution in [0.1, 0.15) is 43.0 Å². The number of fused-ring (bicyclic) bond motifs is 1. The molecule has 1 spiro atoms. The quantitative estimate of drug-likeness (QED) is 0.685. The fraction of sp³-hybridized carbons (Fsp3) is 0.435. The van der Waals surface area contributed by atoms with Crippen LogP contribution in [0.25, 0.3) is 0 Å². The van der Waals surface area contributed by atoms with E-state index in [2.05, 4.69) is 11.6 Å². The molecule has 3 aliphatic rings. The minimum Gasteiger partial charge on any atom is -0.342 e. The first kappa shape index (κ1) is 21.4. The van der Waals surface area contributed by atoms with E-state index in [0.717, 1.165) is 13.0 Å². The fourth-order valence-electron chi connectivity index (χ4n) is 4.66. The maximum Gasteiger partial charge on any atom is 0.257 e. The van der Waals surface area contributed by atoms with Gasteiger partial charge in [-0.1, -0.05) is 6.58 Å². The molecule has 3 aliphatic heterocycles. The molecule has 2 atom stereocenters. The van der Waals surface area contributed by atoms with Crippen LogP contribution in [0.5, 0.6) is 0 Å². The first-order chi connectivity index (χ1) is 14.8. The SMILES string of the molecule is C=C(/C=C(F)\C=C(/C)F)[C@@H]1CC[C@H]2OC3(CCN(C(=O)c4cccnc4)CC3)C(=O)N21. The van der Waals surface area contributed by atoms with E-state index in [1.54, 1.807) is 28.1 Å². The van der Waals surface area contributed by atoms with Crippen molar-refractivity contribution >= 4 is 11.8 Å². The number of hydrogen-bond acceptors (Lipinski definition) is 4. The molecule has 0 radical (unpaired) electrons. The van der Waals surface area contributed by atoms with Crippen LogP contribution in [0.2, 0.25) is 0 Å². The highest BCUT2D eigenvalue weighted by Gasteiger charge is 2.58. The van der Waals surface area contributed by atoms with Gasteiger partial charge in [0.25, 0.3) is 11.8 Å². The molecular formula is C23H25F2N3O3. The van der Waals surface area contributed by atoms with Crippen molar-refractivity contribution in [2.24, 2.45) is 0 Å². The van der Waals surface area contributed by atoms with E-state index in [1.165, 1.54) is 12.3 Å². The molecule has 0 bridgehead atoms. The Morgan fingerprint density at radius 2 is 2.03 bits per heavy atom. The maximum absolute atomic E-state index is 13.9. The first-order valence-electron chi connectivity index (χ1n) is 10.4. The van der Waals surface area contributed by atoms with E-state index in [-0.39, 0.29) is 24.1 Å². The van der Waals surface area contributed by atoms with Gasteiger partial charge in [0.2, 0.25) is 0 Å². The van der Waals surface area contributed by atoms with Gasteiger partial charge in [-0.25, -0.2) is 8.78 Å². The Labute approximate surface area is 179 Å². The highest BCUT2D eigenvalue weighted by molar-refractivity contribution is 5.94. The van der Waals surface area contributed by atoms with Crippen molar-refractivity contribution in [3.63, 3.8) is 0 Å². The topological polar surface area (TPSA) is 62.7 Å². The van der Waals surface area contributed by atoms with Gasteiger partial charge in [-0.2, -0.15) is 0 Å². The maximum atomic E-state index is 13.9. The Kier molecular flexibility index (Phi) is 5.75. The summed E-state index contributed by atoms with van der Waals surface area (Å²) in [6, 6.07) is 3.05. The fourth-order valence-corrected chi connectivity index (χ4v) is 4.66. The zero-order valence-electron chi connectivity index (χ0n) is 17.4. The van der Waals surface area contributed by atoms with Gasteiger partial charge in [0.15, 0.2) is 5.60 Å².